The van der Waals surface area contributed by atoms with E-state index in [1.54, 1.807) is 12.3 Å². The Morgan fingerprint density at radius 2 is 2.31 bits per heavy atom. The van der Waals surface area contributed by atoms with Gasteiger partial charge in [-0.2, -0.15) is 5.10 Å². The number of aldehydes is 1. The lowest BCUT2D eigenvalue weighted by Crippen LogP contribution is -2.30. The fourth-order valence-electron chi connectivity index (χ4n) is 1.77. The van der Waals surface area contributed by atoms with E-state index in [1.807, 2.05) is 4.68 Å². The maximum atomic E-state index is 10.7. The van der Waals surface area contributed by atoms with E-state index in [0.29, 0.717) is 11.7 Å². The van der Waals surface area contributed by atoms with Crippen molar-refractivity contribution in [1.82, 2.24) is 15.1 Å². The van der Waals surface area contributed by atoms with Crippen LogP contribution in [0.15, 0.2) is 12.3 Å². The van der Waals surface area contributed by atoms with Crippen LogP contribution in [0.5, 0.6) is 0 Å². The van der Waals surface area contributed by atoms with Crippen LogP contribution in [0.3, 0.4) is 0 Å². The molecule has 1 aliphatic rings. The zero-order chi connectivity index (χ0) is 9.10. The van der Waals surface area contributed by atoms with Gasteiger partial charge in [0, 0.05) is 6.20 Å². The van der Waals surface area contributed by atoms with E-state index in [1.165, 1.54) is 0 Å². The molecule has 1 N–H and O–H groups in total. The summed E-state index contributed by atoms with van der Waals surface area (Å²) in [5, 5.41) is 7.45. The summed E-state index contributed by atoms with van der Waals surface area (Å²) in [6.45, 7) is 2.03. The molecule has 70 valence electrons. The number of nitrogens with zero attached hydrogens (tertiary/aromatic N) is 2. The number of hydrogen-bond acceptors (Lipinski definition) is 3. The van der Waals surface area contributed by atoms with Crippen LogP contribution >= 0.6 is 0 Å². The van der Waals surface area contributed by atoms with Gasteiger partial charge >= 0.3 is 0 Å². The van der Waals surface area contributed by atoms with Crippen molar-refractivity contribution in [1.29, 1.82) is 0 Å². The number of carbonyl (C=O) groups excluding carboxylic acids is 1. The largest absolute Gasteiger partial charge is 0.317 e. The summed E-state index contributed by atoms with van der Waals surface area (Å²) in [5.41, 5.74) is 0.687. The number of hydrogen-bond donors (Lipinski definition) is 1. The fourth-order valence-corrected chi connectivity index (χ4v) is 1.77. The molecule has 0 spiro atoms. The Hall–Kier alpha value is -1.16. The summed E-state index contributed by atoms with van der Waals surface area (Å²) in [7, 11) is 0. The quantitative estimate of drug-likeness (QED) is 0.677. The first kappa shape index (κ1) is 8.44. The van der Waals surface area contributed by atoms with Gasteiger partial charge in [0.05, 0.1) is 6.04 Å². The molecule has 1 aliphatic heterocycles. The number of nitrogens with one attached hydrogen (secondary N) is 1. The van der Waals surface area contributed by atoms with Crippen LogP contribution in [-0.2, 0) is 0 Å². The zero-order valence-electron chi connectivity index (χ0n) is 7.44. The van der Waals surface area contributed by atoms with Gasteiger partial charge in [-0.15, -0.1) is 0 Å². The van der Waals surface area contributed by atoms with Gasteiger partial charge in [0.25, 0.3) is 0 Å². The molecule has 2 heterocycles. The average Bonchev–Trinajstić information content (AvgIpc) is 2.67. The Balaban J connectivity index is 2.17. The van der Waals surface area contributed by atoms with Crippen molar-refractivity contribution in [3.63, 3.8) is 0 Å². The number of piperidine rings is 1. The van der Waals surface area contributed by atoms with Crippen molar-refractivity contribution in [2.24, 2.45) is 0 Å². The molecule has 1 saturated heterocycles. The molecule has 0 aromatic carbocycles. The summed E-state index contributed by atoms with van der Waals surface area (Å²) >= 11 is 0. The number of aromatic nitrogens is 2. The minimum absolute atomic E-state index is 0.399. The Kier molecular flexibility index (Phi) is 2.40. The zero-order valence-corrected chi connectivity index (χ0v) is 7.44. The van der Waals surface area contributed by atoms with Crippen molar-refractivity contribution in [3.05, 3.63) is 18.0 Å². The van der Waals surface area contributed by atoms with Crippen LogP contribution in [0.25, 0.3) is 0 Å². The summed E-state index contributed by atoms with van der Waals surface area (Å²) in [5.74, 6) is 0. The SMILES string of the molecule is O=Cc1ccnn1C1CCNCC1. The van der Waals surface area contributed by atoms with Gasteiger partial charge in [0.1, 0.15) is 5.69 Å². The van der Waals surface area contributed by atoms with Gasteiger partial charge in [-0.25, -0.2) is 0 Å². The van der Waals surface area contributed by atoms with Crippen LogP contribution in [0.2, 0.25) is 0 Å². The molecule has 0 unspecified atom stereocenters. The lowest BCUT2D eigenvalue weighted by molar-refractivity contribution is 0.111. The molecular weight excluding hydrogens is 166 g/mol. The van der Waals surface area contributed by atoms with Gasteiger partial charge < -0.3 is 5.32 Å². The highest BCUT2D eigenvalue weighted by atomic mass is 16.1. The summed E-state index contributed by atoms with van der Waals surface area (Å²) in [6, 6.07) is 2.16. The van der Waals surface area contributed by atoms with Crippen LogP contribution < -0.4 is 5.32 Å². The third-order valence-corrected chi connectivity index (χ3v) is 2.48. The standard InChI is InChI=1S/C9H13N3O/c13-7-9-3-6-11-12(9)8-1-4-10-5-2-8/h3,6-8,10H,1-2,4-5H2. The Morgan fingerprint density at radius 3 is 3.00 bits per heavy atom. The first-order chi connectivity index (χ1) is 6.42. The first-order valence-corrected chi connectivity index (χ1v) is 4.61. The Bertz CT molecular complexity index is 289. The molecule has 4 heteroatoms. The predicted octanol–water partition coefficient (Wildman–Crippen LogP) is 0.620. The van der Waals surface area contributed by atoms with E-state index >= 15 is 0 Å². The second kappa shape index (κ2) is 3.70. The van der Waals surface area contributed by atoms with Gasteiger partial charge in [-0.3, -0.25) is 9.48 Å². The maximum absolute atomic E-state index is 10.7. The van der Waals surface area contributed by atoms with Crippen molar-refractivity contribution in [2.45, 2.75) is 18.9 Å². The van der Waals surface area contributed by atoms with Crippen LogP contribution in [0.1, 0.15) is 29.4 Å². The molecule has 1 aromatic rings. The molecule has 1 aromatic heterocycles. The summed E-state index contributed by atoms with van der Waals surface area (Å²) < 4.78 is 1.84. The third-order valence-electron chi connectivity index (χ3n) is 2.48. The van der Waals surface area contributed by atoms with Gasteiger partial charge in [0.2, 0.25) is 0 Å². The number of carbonyl (C=O) groups is 1. The van der Waals surface area contributed by atoms with E-state index in [4.69, 9.17) is 0 Å². The lowest BCUT2D eigenvalue weighted by atomic mass is 10.1. The molecule has 4 nitrogen and oxygen atoms in total. The van der Waals surface area contributed by atoms with Crippen LogP contribution in [0, 0.1) is 0 Å². The molecule has 0 amide bonds. The minimum atomic E-state index is 0.399. The van der Waals surface area contributed by atoms with E-state index in [-0.39, 0.29) is 0 Å². The normalized spacial score (nSPS) is 18.8. The first-order valence-electron chi connectivity index (χ1n) is 4.61. The molecule has 2 rings (SSSR count). The molecule has 0 radical (unpaired) electrons. The second-order valence-electron chi connectivity index (χ2n) is 3.30. The Labute approximate surface area is 76.9 Å². The van der Waals surface area contributed by atoms with Gasteiger partial charge in [0.15, 0.2) is 6.29 Å². The molecule has 13 heavy (non-hydrogen) atoms. The highest BCUT2D eigenvalue weighted by Crippen LogP contribution is 2.18. The van der Waals surface area contributed by atoms with E-state index in [9.17, 15) is 4.79 Å². The van der Waals surface area contributed by atoms with Crippen molar-refractivity contribution >= 4 is 6.29 Å². The van der Waals surface area contributed by atoms with Crippen LogP contribution in [-0.4, -0.2) is 29.2 Å². The molecule has 1 fully saturated rings. The highest BCUT2D eigenvalue weighted by molar-refractivity contribution is 5.71. The molecule has 0 aliphatic carbocycles. The Morgan fingerprint density at radius 1 is 1.54 bits per heavy atom. The fraction of sp³-hybridized carbons (Fsp3) is 0.556. The second-order valence-corrected chi connectivity index (χ2v) is 3.30. The average molecular weight is 179 g/mol. The van der Waals surface area contributed by atoms with E-state index in [2.05, 4.69) is 10.4 Å². The topological polar surface area (TPSA) is 46.9 Å². The molecule has 0 atom stereocenters. The maximum Gasteiger partial charge on any atom is 0.168 e. The van der Waals surface area contributed by atoms with Crippen molar-refractivity contribution in [2.75, 3.05) is 13.1 Å². The van der Waals surface area contributed by atoms with E-state index in [0.717, 1.165) is 32.2 Å². The molecule has 0 saturated carbocycles. The van der Waals surface area contributed by atoms with Gasteiger partial charge in [-0.1, -0.05) is 0 Å². The summed E-state index contributed by atoms with van der Waals surface area (Å²) in [6.07, 6.45) is 4.67. The molecular formula is C9H13N3O. The molecule has 0 bridgehead atoms. The third kappa shape index (κ3) is 1.62. The predicted molar refractivity (Wildman–Crippen MR) is 48.8 cm³/mol. The minimum Gasteiger partial charge on any atom is -0.317 e. The monoisotopic (exact) mass is 179 g/mol. The highest BCUT2D eigenvalue weighted by Gasteiger charge is 2.17. The van der Waals surface area contributed by atoms with Crippen LogP contribution in [0.4, 0.5) is 0 Å². The van der Waals surface area contributed by atoms with Crippen molar-refractivity contribution in [3.8, 4) is 0 Å². The summed E-state index contributed by atoms with van der Waals surface area (Å²) in [4.78, 5) is 10.7. The van der Waals surface area contributed by atoms with E-state index < -0.39 is 0 Å². The smallest absolute Gasteiger partial charge is 0.168 e. The lowest BCUT2D eigenvalue weighted by Gasteiger charge is -2.23. The van der Waals surface area contributed by atoms with Crippen molar-refractivity contribution < 1.29 is 4.79 Å². The number of rotatable bonds is 2. The van der Waals surface area contributed by atoms with Gasteiger partial charge in [-0.05, 0) is 32.0 Å².